The van der Waals surface area contributed by atoms with Gasteiger partial charge in [-0.2, -0.15) is 0 Å². The molecule has 0 spiro atoms. The number of carbonyl (C=O) groups excluding carboxylic acids is 1. The van der Waals surface area contributed by atoms with Gasteiger partial charge in [-0.05, 0) is 37.0 Å². The van der Waals surface area contributed by atoms with Gasteiger partial charge in [0.15, 0.2) is 0 Å². The molecule has 0 bridgehead atoms. The first-order valence-electron chi connectivity index (χ1n) is 8.24. The molecule has 0 aromatic heterocycles. The van der Waals surface area contributed by atoms with Crippen molar-refractivity contribution >= 4 is 5.91 Å². The van der Waals surface area contributed by atoms with Crippen molar-refractivity contribution in [3.63, 3.8) is 0 Å². The first kappa shape index (κ1) is 17.8. The van der Waals surface area contributed by atoms with Gasteiger partial charge < -0.3 is 19.1 Å². The number of benzene rings is 1. The van der Waals surface area contributed by atoms with Crippen molar-refractivity contribution in [3.05, 3.63) is 29.8 Å². The molecule has 1 aliphatic rings. The number of hydrogen-bond donors (Lipinski definition) is 0. The van der Waals surface area contributed by atoms with E-state index in [0.717, 1.165) is 43.7 Å². The number of aryl methyl sites for hydroxylation is 1. The Morgan fingerprint density at radius 1 is 1.22 bits per heavy atom. The minimum Gasteiger partial charge on any atom is -0.497 e. The molecule has 0 atom stereocenters. The number of ether oxygens (including phenoxy) is 3. The van der Waals surface area contributed by atoms with E-state index in [1.54, 1.807) is 14.2 Å². The molecule has 1 fully saturated rings. The number of rotatable bonds is 8. The number of piperidine rings is 1. The largest absolute Gasteiger partial charge is 0.497 e. The fraction of sp³-hybridized carbons (Fsp3) is 0.611. The maximum absolute atomic E-state index is 12.3. The van der Waals surface area contributed by atoms with E-state index in [0.29, 0.717) is 19.6 Å². The first-order chi connectivity index (χ1) is 11.2. The van der Waals surface area contributed by atoms with Crippen LogP contribution in [-0.2, 0) is 20.7 Å². The minimum absolute atomic E-state index is 0.225. The molecule has 0 radical (unpaired) electrons. The predicted molar refractivity (Wildman–Crippen MR) is 88.7 cm³/mol. The topological polar surface area (TPSA) is 48.0 Å². The van der Waals surface area contributed by atoms with Crippen molar-refractivity contribution in [1.82, 2.24) is 4.90 Å². The van der Waals surface area contributed by atoms with Gasteiger partial charge in [-0.15, -0.1) is 0 Å². The average Bonchev–Trinajstić information content (AvgIpc) is 2.60. The highest BCUT2D eigenvalue weighted by Crippen LogP contribution is 2.17. The molecule has 0 aliphatic carbocycles. The maximum Gasteiger partial charge on any atom is 0.222 e. The van der Waals surface area contributed by atoms with E-state index in [4.69, 9.17) is 14.2 Å². The number of nitrogens with zero attached hydrogens (tertiary/aromatic N) is 1. The molecule has 1 amide bonds. The Morgan fingerprint density at radius 2 is 2.00 bits per heavy atom. The molecule has 1 heterocycles. The molecule has 1 aromatic rings. The van der Waals surface area contributed by atoms with E-state index < -0.39 is 0 Å². The van der Waals surface area contributed by atoms with Gasteiger partial charge in [0, 0.05) is 26.6 Å². The zero-order valence-corrected chi connectivity index (χ0v) is 14.1. The lowest BCUT2D eigenvalue weighted by Crippen LogP contribution is -2.41. The van der Waals surface area contributed by atoms with Crippen LogP contribution in [0.4, 0.5) is 0 Å². The third-order valence-electron chi connectivity index (χ3n) is 4.20. The standard InChI is InChI=1S/C18H27NO4/c1-21-12-13-23-16-8-10-19(11-9-16)18(20)7-6-15-4-3-5-17(14-15)22-2/h3-5,14,16H,6-13H2,1-2H3. The van der Waals surface area contributed by atoms with Crippen LogP contribution < -0.4 is 4.74 Å². The lowest BCUT2D eigenvalue weighted by Gasteiger charge is -2.32. The highest BCUT2D eigenvalue weighted by molar-refractivity contribution is 5.76. The Balaban J connectivity index is 1.70. The highest BCUT2D eigenvalue weighted by Gasteiger charge is 2.22. The second-order valence-electron chi connectivity index (χ2n) is 5.80. The fourth-order valence-corrected chi connectivity index (χ4v) is 2.81. The second-order valence-corrected chi connectivity index (χ2v) is 5.80. The summed E-state index contributed by atoms with van der Waals surface area (Å²) in [5, 5.41) is 0. The Hall–Kier alpha value is -1.59. The van der Waals surface area contributed by atoms with Crippen LogP contribution in [0.1, 0.15) is 24.8 Å². The monoisotopic (exact) mass is 321 g/mol. The van der Waals surface area contributed by atoms with Crippen LogP contribution >= 0.6 is 0 Å². The van der Waals surface area contributed by atoms with E-state index in [2.05, 4.69) is 0 Å². The number of likely N-dealkylation sites (tertiary alicyclic amines) is 1. The van der Waals surface area contributed by atoms with E-state index in [1.807, 2.05) is 29.2 Å². The van der Waals surface area contributed by atoms with E-state index >= 15 is 0 Å². The molecule has 1 aliphatic heterocycles. The number of hydrogen-bond acceptors (Lipinski definition) is 4. The van der Waals surface area contributed by atoms with Crippen LogP contribution in [0, 0.1) is 0 Å². The summed E-state index contributed by atoms with van der Waals surface area (Å²) in [5.74, 6) is 1.06. The molecule has 5 heteroatoms. The van der Waals surface area contributed by atoms with Crippen molar-refractivity contribution < 1.29 is 19.0 Å². The molecule has 0 N–H and O–H groups in total. The van der Waals surface area contributed by atoms with Crippen molar-refractivity contribution in [2.24, 2.45) is 0 Å². The van der Waals surface area contributed by atoms with E-state index in [1.165, 1.54) is 0 Å². The summed E-state index contributed by atoms with van der Waals surface area (Å²) in [5.41, 5.74) is 1.13. The second kappa shape index (κ2) is 9.53. The Morgan fingerprint density at radius 3 is 2.70 bits per heavy atom. The molecule has 128 valence electrons. The predicted octanol–water partition coefficient (Wildman–Crippen LogP) is 2.28. The molecule has 5 nitrogen and oxygen atoms in total. The van der Waals surface area contributed by atoms with Gasteiger partial charge >= 0.3 is 0 Å². The van der Waals surface area contributed by atoms with Crippen molar-refractivity contribution in [2.45, 2.75) is 31.8 Å². The number of carbonyl (C=O) groups is 1. The summed E-state index contributed by atoms with van der Waals surface area (Å²) in [7, 11) is 3.33. The average molecular weight is 321 g/mol. The van der Waals surface area contributed by atoms with Gasteiger partial charge in [0.05, 0.1) is 26.4 Å². The smallest absolute Gasteiger partial charge is 0.222 e. The van der Waals surface area contributed by atoms with Crippen LogP contribution in [0.2, 0.25) is 0 Å². The molecule has 23 heavy (non-hydrogen) atoms. The first-order valence-corrected chi connectivity index (χ1v) is 8.24. The van der Waals surface area contributed by atoms with Gasteiger partial charge in [-0.1, -0.05) is 12.1 Å². The molecule has 0 unspecified atom stereocenters. The highest BCUT2D eigenvalue weighted by atomic mass is 16.5. The van der Waals surface area contributed by atoms with Crippen molar-refractivity contribution in [3.8, 4) is 5.75 Å². The third-order valence-corrected chi connectivity index (χ3v) is 4.20. The summed E-state index contributed by atoms with van der Waals surface area (Å²) >= 11 is 0. The van der Waals surface area contributed by atoms with Crippen LogP contribution in [0.15, 0.2) is 24.3 Å². The molecule has 1 aromatic carbocycles. The van der Waals surface area contributed by atoms with Crippen molar-refractivity contribution in [2.75, 3.05) is 40.5 Å². The van der Waals surface area contributed by atoms with Gasteiger partial charge in [0.25, 0.3) is 0 Å². The van der Waals surface area contributed by atoms with E-state index in [-0.39, 0.29) is 12.0 Å². The van der Waals surface area contributed by atoms with E-state index in [9.17, 15) is 4.79 Å². The fourth-order valence-electron chi connectivity index (χ4n) is 2.81. The quantitative estimate of drug-likeness (QED) is 0.689. The van der Waals surface area contributed by atoms with Crippen molar-refractivity contribution in [1.29, 1.82) is 0 Å². The SMILES string of the molecule is COCCOC1CCN(C(=O)CCc2cccc(OC)c2)CC1. The summed E-state index contributed by atoms with van der Waals surface area (Å²) in [4.78, 5) is 14.3. The summed E-state index contributed by atoms with van der Waals surface area (Å²) in [6.07, 6.45) is 3.37. The molecule has 2 rings (SSSR count). The summed E-state index contributed by atoms with van der Waals surface area (Å²) in [6.45, 7) is 2.83. The van der Waals surface area contributed by atoms with Crippen LogP contribution in [-0.4, -0.2) is 57.4 Å². The number of methoxy groups -OCH3 is 2. The molecule has 0 saturated carbocycles. The molecule has 1 saturated heterocycles. The zero-order valence-electron chi connectivity index (χ0n) is 14.1. The maximum atomic E-state index is 12.3. The Bertz CT molecular complexity index is 484. The molecular formula is C18H27NO4. The van der Waals surface area contributed by atoms with Gasteiger partial charge in [0.1, 0.15) is 5.75 Å². The van der Waals surface area contributed by atoms with Crippen LogP contribution in [0.5, 0.6) is 5.75 Å². The summed E-state index contributed by atoms with van der Waals surface area (Å²) < 4.78 is 15.9. The van der Waals surface area contributed by atoms with Gasteiger partial charge in [0.2, 0.25) is 5.91 Å². The zero-order chi connectivity index (χ0) is 16.5. The lowest BCUT2D eigenvalue weighted by molar-refractivity contribution is -0.134. The Kier molecular flexibility index (Phi) is 7.36. The lowest BCUT2D eigenvalue weighted by atomic mass is 10.1. The normalized spacial score (nSPS) is 15.7. The minimum atomic E-state index is 0.225. The van der Waals surface area contributed by atoms with Gasteiger partial charge in [-0.25, -0.2) is 0 Å². The van der Waals surface area contributed by atoms with Gasteiger partial charge in [-0.3, -0.25) is 4.79 Å². The number of amides is 1. The van der Waals surface area contributed by atoms with Crippen LogP contribution in [0.3, 0.4) is 0 Å². The van der Waals surface area contributed by atoms with Crippen LogP contribution in [0.25, 0.3) is 0 Å². The Labute approximate surface area is 138 Å². The third kappa shape index (κ3) is 5.84. The summed E-state index contributed by atoms with van der Waals surface area (Å²) in [6, 6.07) is 7.90. The molecular weight excluding hydrogens is 294 g/mol.